The van der Waals surface area contributed by atoms with Gasteiger partial charge in [0.1, 0.15) is 0 Å². The van der Waals surface area contributed by atoms with E-state index in [2.05, 4.69) is 70.6 Å². The summed E-state index contributed by atoms with van der Waals surface area (Å²) in [5.74, 6) is 0. The standard InChI is InChI=1S/C13H13N2.C11H8N.Ir/c1-14-8-9-15(10-14)13-7-6-11-4-2-3-5-12(11)13;1-2-6-10(7-3-1)11-8-4-5-9-12-11;/h2-5,8-9H,6,10H2,1H3;1-6,8-9H;/q2*-1;. The van der Waals surface area contributed by atoms with Gasteiger partial charge >= 0.3 is 0 Å². The van der Waals surface area contributed by atoms with Crippen molar-refractivity contribution >= 4 is 5.70 Å². The molecule has 28 heavy (non-hydrogen) atoms. The number of nitrogens with zero attached hydrogens (tertiary/aromatic N) is 3. The average molecular weight is 544 g/mol. The van der Waals surface area contributed by atoms with Crippen molar-refractivity contribution in [1.82, 2.24) is 14.8 Å². The Morgan fingerprint density at radius 1 is 0.929 bits per heavy atom. The quantitative estimate of drug-likeness (QED) is 0.441. The fourth-order valence-electron chi connectivity index (χ4n) is 3.18. The first-order chi connectivity index (χ1) is 13.3. The minimum Gasteiger partial charge on any atom is -0.363 e. The summed E-state index contributed by atoms with van der Waals surface area (Å²) in [6.07, 6.45) is 10.4. The molecule has 1 radical (unpaired) electrons. The number of hydrogen-bond acceptors (Lipinski definition) is 3. The van der Waals surface area contributed by atoms with Gasteiger partial charge in [0.25, 0.3) is 0 Å². The van der Waals surface area contributed by atoms with Crippen LogP contribution in [0, 0.1) is 12.1 Å². The van der Waals surface area contributed by atoms with Crippen molar-refractivity contribution in [3.8, 4) is 11.3 Å². The van der Waals surface area contributed by atoms with Crippen LogP contribution in [0.5, 0.6) is 0 Å². The van der Waals surface area contributed by atoms with Crippen molar-refractivity contribution in [3.05, 3.63) is 109 Å². The van der Waals surface area contributed by atoms with E-state index < -0.39 is 0 Å². The summed E-state index contributed by atoms with van der Waals surface area (Å²) < 4.78 is 0. The van der Waals surface area contributed by atoms with Crippen molar-refractivity contribution in [2.24, 2.45) is 0 Å². The molecule has 0 fully saturated rings. The molecule has 143 valence electrons. The topological polar surface area (TPSA) is 19.4 Å². The van der Waals surface area contributed by atoms with Crippen molar-refractivity contribution in [3.63, 3.8) is 0 Å². The van der Waals surface area contributed by atoms with Gasteiger partial charge in [-0.05, 0) is 11.8 Å². The van der Waals surface area contributed by atoms with E-state index in [0.29, 0.717) is 0 Å². The van der Waals surface area contributed by atoms with E-state index >= 15 is 0 Å². The van der Waals surface area contributed by atoms with Crippen LogP contribution in [0.2, 0.25) is 0 Å². The maximum Gasteiger partial charge on any atom is 0.0906 e. The summed E-state index contributed by atoms with van der Waals surface area (Å²) in [5.41, 5.74) is 5.95. The van der Waals surface area contributed by atoms with E-state index in [1.807, 2.05) is 42.5 Å². The Kier molecular flexibility index (Phi) is 6.80. The number of benzene rings is 2. The second kappa shape index (κ2) is 9.50. The van der Waals surface area contributed by atoms with Crippen LogP contribution in [0.3, 0.4) is 0 Å². The van der Waals surface area contributed by atoms with Crippen LogP contribution in [-0.4, -0.2) is 28.5 Å². The molecule has 0 bridgehead atoms. The van der Waals surface area contributed by atoms with Crippen molar-refractivity contribution in [2.45, 2.75) is 6.42 Å². The smallest absolute Gasteiger partial charge is 0.0906 e. The molecule has 5 rings (SSSR count). The Morgan fingerprint density at radius 2 is 1.75 bits per heavy atom. The molecule has 1 aliphatic carbocycles. The number of rotatable bonds is 2. The zero-order valence-corrected chi connectivity index (χ0v) is 18.1. The van der Waals surface area contributed by atoms with Crippen LogP contribution in [-0.2, 0) is 26.5 Å². The monoisotopic (exact) mass is 544 g/mol. The van der Waals surface area contributed by atoms with Gasteiger partial charge in [0.15, 0.2) is 0 Å². The number of hydrogen-bond donors (Lipinski definition) is 0. The van der Waals surface area contributed by atoms with Gasteiger partial charge in [0, 0.05) is 45.7 Å². The number of fused-ring (bicyclic) bond motifs is 1. The van der Waals surface area contributed by atoms with Crippen molar-refractivity contribution < 1.29 is 20.1 Å². The molecular formula is C24H21IrN3-2. The zero-order chi connectivity index (χ0) is 18.5. The molecule has 4 heteroatoms. The van der Waals surface area contributed by atoms with Gasteiger partial charge in [0.2, 0.25) is 0 Å². The summed E-state index contributed by atoms with van der Waals surface area (Å²) in [6, 6.07) is 25.4. The molecular weight excluding hydrogens is 523 g/mol. The van der Waals surface area contributed by atoms with E-state index in [-0.39, 0.29) is 20.1 Å². The van der Waals surface area contributed by atoms with Crippen LogP contribution in [0.1, 0.15) is 11.1 Å². The molecule has 0 spiro atoms. The third kappa shape index (κ3) is 4.59. The molecule has 2 aliphatic rings. The van der Waals surface area contributed by atoms with Crippen molar-refractivity contribution in [2.75, 3.05) is 13.7 Å². The number of allylic oxidation sites excluding steroid dienone is 1. The Bertz CT molecular complexity index is 914. The molecule has 0 saturated carbocycles. The third-order valence-electron chi connectivity index (χ3n) is 4.53. The van der Waals surface area contributed by atoms with E-state index in [4.69, 9.17) is 0 Å². The molecule has 1 aromatic heterocycles. The van der Waals surface area contributed by atoms with Crippen LogP contribution in [0.25, 0.3) is 17.0 Å². The van der Waals surface area contributed by atoms with Gasteiger partial charge in [0.05, 0.1) is 6.67 Å². The number of aromatic nitrogens is 1. The normalized spacial score (nSPS) is 14.0. The zero-order valence-electron chi connectivity index (χ0n) is 15.7. The molecule has 2 aromatic carbocycles. The van der Waals surface area contributed by atoms with Crippen LogP contribution < -0.4 is 0 Å². The fraction of sp³-hybridized carbons (Fsp3) is 0.125. The van der Waals surface area contributed by atoms with Gasteiger partial charge in [-0.3, -0.25) is 0 Å². The van der Waals surface area contributed by atoms with Crippen LogP contribution in [0.15, 0.2) is 85.3 Å². The van der Waals surface area contributed by atoms with E-state index in [0.717, 1.165) is 24.3 Å². The molecule has 2 heterocycles. The second-order valence-corrected chi connectivity index (χ2v) is 6.52. The Labute approximate surface area is 180 Å². The fourth-order valence-corrected chi connectivity index (χ4v) is 3.18. The maximum absolute atomic E-state index is 4.22. The van der Waals surface area contributed by atoms with E-state index in [9.17, 15) is 0 Å². The minimum absolute atomic E-state index is 0. The summed E-state index contributed by atoms with van der Waals surface area (Å²) >= 11 is 0. The Hall–Kier alpha value is -2.68. The van der Waals surface area contributed by atoms with E-state index in [1.54, 1.807) is 6.20 Å². The molecule has 0 amide bonds. The molecule has 3 nitrogen and oxygen atoms in total. The predicted molar refractivity (Wildman–Crippen MR) is 109 cm³/mol. The first-order valence-electron chi connectivity index (χ1n) is 9.04. The largest absolute Gasteiger partial charge is 0.363 e. The van der Waals surface area contributed by atoms with Crippen LogP contribution in [0.4, 0.5) is 0 Å². The Balaban J connectivity index is 0.000000159. The van der Waals surface area contributed by atoms with Crippen molar-refractivity contribution in [1.29, 1.82) is 0 Å². The average Bonchev–Trinajstić information content (AvgIpc) is 3.36. The molecule has 3 aromatic rings. The minimum atomic E-state index is 0. The van der Waals surface area contributed by atoms with Gasteiger partial charge in [-0.25, -0.2) is 6.08 Å². The molecule has 0 saturated heterocycles. The number of pyridine rings is 1. The van der Waals surface area contributed by atoms with Crippen LogP contribution >= 0.6 is 0 Å². The first kappa shape index (κ1) is 20.1. The first-order valence-corrected chi connectivity index (χ1v) is 9.04. The summed E-state index contributed by atoms with van der Waals surface area (Å²) in [6.45, 7) is 0.927. The maximum atomic E-state index is 4.22. The summed E-state index contributed by atoms with van der Waals surface area (Å²) in [7, 11) is 2.08. The van der Waals surface area contributed by atoms with Gasteiger partial charge in [-0.15, -0.1) is 53.2 Å². The molecule has 0 unspecified atom stereocenters. The molecule has 1 aliphatic heterocycles. The SMILES string of the molecule is CN1C=CN(C2=[C-]Cc3ccccc32)C1.[Ir].[c-]1ccccc1-c1ccccn1. The molecule has 0 N–H and O–H groups in total. The third-order valence-corrected chi connectivity index (χ3v) is 4.53. The summed E-state index contributed by atoms with van der Waals surface area (Å²) in [5, 5.41) is 0. The van der Waals surface area contributed by atoms with E-state index in [1.165, 1.54) is 16.8 Å². The molecule has 0 atom stereocenters. The second-order valence-electron chi connectivity index (χ2n) is 6.52. The van der Waals surface area contributed by atoms with Gasteiger partial charge in [-0.1, -0.05) is 36.8 Å². The predicted octanol–water partition coefficient (Wildman–Crippen LogP) is 4.61. The van der Waals surface area contributed by atoms with Gasteiger partial charge < -0.3 is 14.8 Å². The van der Waals surface area contributed by atoms with Gasteiger partial charge in [-0.2, -0.15) is 5.56 Å². The Morgan fingerprint density at radius 3 is 2.46 bits per heavy atom. The summed E-state index contributed by atoms with van der Waals surface area (Å²) in [4.78, 5) is 8.62.